The van der Waals surface area contributed by atoms with E-state index in [1.807, 2.05) is 6.92 Å². The number of hydrogen-bond donors (Lipinski definition) is 1. The van der Waals surface area contributed by atoms with Crippen LogP contribution in [0.3, 0.4) is 0 Å². The van der Waals surface area contributed by atoms with Gasteiger partial charge in [0, 0.05) is 23.5 Å². The van der Waals surface area contributed by atoms with Gasteiger partial charge >= 0.3 is 0 Å². The molecule has 0 spiro atoms. The molecule has 0 radical (unpaired) electrons. The van der Waals surface area contributed by atoms with E-state index in [0.29, 0.717) is 29.1 Å². The number of alkyl halides is 1. The van der Waals surface area contributed by atoms with Crippen LogP contribution in [0.4, 0.5) is 14.5 Å². The summed E-state index contributed by atoms with van der Waals surface area (Å²) in [5, 5.41) is 6.63. The van der Waals surface area contributed by atoms with Crippen molar-refractivity contribution in [2.45, 2.75) is 25.4 Å². The standard InChI is InChI=1S/C20H14ClF2N5O2/c1-9-2-3-10(18-26-20(30-27-18)11-5-13(11)22)4-15(9)25-19(29)16-7-24-17-6-12(21)14(23)8-28(16)17/h2-4,6-8,11,13H,5H2,1H3,(H,25,29)/t11-,13-/m0/s1. The third-order valence-corrected chi connectivity index (χ3v) is 5.29. The predicted molar refractivity (Wildman–Crippen MR) is 105 cm³/mol. The van der Waals surface area contributed by atoms with Crippen LogP contribution >= 0.6 is 11.6 Å². The summed E-state index contributed by atoms with van der Waals surface area (Å²) >= 11 is 5.77. The summed E-state index contributed by atoms with van der Waals surface area (Å²) in [7, 11) is 0. The molecule has 1 fully saturated rings. The summed E-state index contributed by atoms with van der Waals surface area (Å²) in [6, 6.07) is 6.62. The Balaban J connectivity index is 1.43. The van der Waals surface area contributed by atoms with Gasteiger partial charge in [-0.25, -0.2) is 13.8 Å². The molecule has 0 aliphatic heterocycles. The van der Waals surface area contributed by atoms with Gasteiger partial charge in [0.1, 0.15) is 17.5 Å². The van der Waals surface area contributed by atoms with Gasteiger partial charge in [-0.15, -0.1) is 0 Å². The lowest BCUT2D eigenvalue weighted by molar-refractivity contribution is 0.102. The molecule has 1 aromatic carbocycles. The monoisotopic (exact) mass is 429 g/mol. The Kier molecular flexibility index (Phi) is 4.28. The molecule has 1 aliphatic carbocycles. The van der Waals surface area contributed by atoms with E-state index in [0.717, 1.165) is 11.8 Å². The second-order valence-corrected chi connectivity index (χ2v) is 7.55. The normalized spacial score (nSPS) is 18.0. The van der Waals surface area contributed by atoms with Crippen LogP contribution in [0.5, 0.6) is 0 Å². The van der Waals surface area contributed by atoms with Crippen LogP contribution in [-0.4, -0.2) is 31.6 Å². The largest absolute Gasteiger partial charge is 0.339 e. The molecule has 2 atom stereocenters. The average molecular weight is 430 g/mol. The van der Waals surface area contributed by atoms with Crippen molar-refractivity contribution in [1.82, 2.24) is 19.5 Å². The van der Waals surface area contributed by atoms with Crippen molar-refractivity contribution in [2.75, 3.05) is 5.32 Å². The van der Waals surface area contributed by atoms with Gasteiger partial charge in [-0.1, -0.05) is 28.9 Å². The maximum atomic E-state index is 13.8. The van der Waals surface area contributed by atoms with Crippen molar-refractivity contribution in [3.8, 4) is 11.4 Å². The molecule has 5 rings (SSSR count). The maximum absolute atomic E-state index is 13.8. The highest BCUT2D eigenvalue weighted by Crippen LogP contribution is 2.43. The molecule has 30 heavy (non-hydrogen) atoms. The number of aryl methyl sites for hydroxylation is 1. The Morgan fingerprint density at radius 1 is 1.37 bits per heavy atom. The number of carbonyl (C=O) groups is 1. The van der Waals surface area contributed by atoms with E-state index in [9.17, 15) is 13.6 Å². The number of pyridine rings is 1. The van der Waals surface area contributed by atoms with E-state index >= 15 is 0 Å². The fraction of sp³-hybridized carbons (Fsp3) is 0.200. The fourth-order valence-electron chi connectivity index (χ4n) is 3.15. The number of hydrogen-bond acceptors (Lipinski definition) is 5. The van der Waals surface area contributed by atoms with Gasteiger partial charge in [0.05, 0.1) is 17.1 Å². The topological polar surface area (TPSA) is 85.3 Å². The van der Waals surface area contributed by atoms with Gasteiger partial charge < -0.3 is 9.84 Å². The van der Waals surface area contributed by atoms with E-state index in [4.69, 9.17) is 16.1 Å². The molecule has 4 aromatic rings. The molecule has 1 amide bonds. The first-order valence-electron chi connectivity index (χ1n) is 9.13. The Bertz CT molecular complexity index is 1300. The highest BCUT2D eigenvalue weighted by Gasteiger charge is 2.43. The highest BCUT2D eigenvalue weighted by atomic mass is 35.5. The summed E-state index contributed by atoms with van der Waals surface area (Å²) < 4.78 is 33.5. The number of imidazole rings is 1. The summed E-state index contributed by atoms with van der Waals surface area (Å²) in [5.74, 6) is -0.883. The highest BCUT2D eigenvalue weighted by molar-refractivity contribution is 6.31. The molecular weight excluding hydrogens is 416 g/mol. The first-order chi connectivity index (χ1) is 14.4. The molecule has 1 N–H and O–H groups in total. The van der Waals surface area contributed by atoms with Crippen molar-refractivity contribution < 1.29 is 18.1 Å². The van der Waals surface area contributed by atoms with Crippen LogP contribution in [-0.2, 0) is 0 Å². The second kappa shape index (κ2) is 6.88. The molecule has 0 saturated heterocycles. The molecule has 3 heterocycles. The zero-order valence-corrected chi connectivity index (χ0v) is 16.3. The van der Waals surface area contributed by atoms with Crippen LogP contribution in [0, 0.1) is 12.7 Å². The van der Waals surface area contributed by atoms with Crippen molar-refractivity contribution in [3.05, 3.63) is 64.6 Å². The van der Waals surface area contributed by atoms with Crippen molar-refractivity contribution in [2.24, 2.45) is 0 Å². The van der Waals surface area contributed by atoms with Gasteiger partial charge in [-0.2, -0.15) is 4.98 Å². The lowest BCUT2D eigenvalue weighted by Gasteiger charge is -2.09. The smallest absolute Gasteiger partial charge is 0.274 e. The summed E-state index contributed by atoms with van der Waals surface area (Å²) in [5.41, 5.74) is 2.42. The minimum Gasteiger partial charge on any atom is -0.339 e. The number of amides is 1. The Morgan fingerprint density at radius 2 is 2.17 bits per heavy atom. The molecular formula is C20H14ClF2N5O2. The second-order valence-electron chi connectivity index (χ2n) is 7.14. The van der Waals surface area contributed by atoms with Crippen molar-refractivity contribution in [3.63, 3.8) is 0 Å². The average Bonchev–Trinajstić information content (AvgIpc) is 3.10. The first-order valence-corrected chi connectivity index (χ1v) is 9.50. The molecule has 152 valence electrons. The van der Waals surface area contributed by atoms with Crippen LogP contribution in [0.2, 0.25) is 5.02 Å². The van der Waals surface area contributed by atoms with Crippen LogP contribution in [0.1, 0.15) is 34.3 Å². The lowest BCUT2D eigenvalue weighted by Crippen LogP contribution is -2.15. The minimum absolute atomic E-state index is 0.0756. The number of nitrogens with one attached hydrogen (secondary N) is 1. The zero-order chi connectivity index (χ0) is 21.0. The number of aromatic nitrogens is 4. The molecule has 0 unspecified atom stereocenters. The van der Waals surface area contributed by atoms with Gasteiger partial charge in [0.25, 0.3) is 5.91 Å². The molecule has 0 bridgehead atoms. The van der Waals surface area contributed by atoms with Gasteiger partial charge in [0.2, 0.25) is 11.7 Å². The Morgan fingerprint density at radius 3 is 2.93 bits per heavy atom. The van der Waals surface area contributed by atoms with Gasteiger partial charge in [0.15, 0.2) is 5.82 Å². The zero-order valence-electron chi connectivity index (χ0n) is 15.6. The van der Waals surface area contributed by atoms with Crippen molar-refractivity contribution in [1.29, 1.82) is 0 Å². The number of benzene rings is 1. The van der Waals surface area contributed by atoms with Gasteiger partial charge in [-0.3, -0.25) is 9.20 Å². The van der Waals surface area contributed by atoms with Crippen LogP contribution in [0.15, 0.2) is 41.2 Å². The number of fused-ring (bicyclic) bond motifs is 1. The molecule has 3 aromatic heterocycles. The van der Waals surface area contributed by atoms with E-state index in [1.165, 1.54) is 16.7 Å². The molecule has 10 heteroatoms. The van der Waals surface area contributed by atoms with E-state index < -0.39 is 17.9 Å². The SMILES string of the molecule is Cc1ccc(-c2noc([C@H]3C[C@@H]3F)n2)cc1NC(=O)c1cnc2cc(Cl)c(F)cn12. The minimum atomic E-state index is -0.934. The summed E-state index contributed by atoms with van der Waals surface area (Å²) in [6.45, 7) is 1.83. The lowest BCUT2D eigenvalue weighted by atomic mass is 10.1. The van der Waals surface area contributed by atoms with E-state index in [-0.39, 0.29) is 22.5 Å². The predicted octanol–water partition coefficient (Wildman–Crippen LogP) is 4.56. The summed E-state index contributed by atoms with van der Waals surface area (Å²) in [4.78, 5) is 21.1. The number of halogens is 3. The number of nitrogens with zero attached hydrogens (tertiary/aromatic N) is 4. The van der Waals surface area contributed by atoms with E-state index in [1.54, 1.807) is 18.2 Å². The third kappa shape index (κ3) is 3.21. The maximum Gasteiger partial charge on any atom is 0.274 e. The fourth-order valence-corrected chi connectivity index (χ4v) is 3.29. The Labute approximate surface area is 173 Å². The Hall–Kier alpha value is -3.33. The van der Waals surface area contributed by atoms with Crippen LogP contribution < -0.4 is 5.32 Å². The molecule has 1 aliphatic rings. The van der Waals surface area contributed by atoms with Gasteiger partial charge in [-0.05, 0) is 25.0 Å². The number of carbonyl (C=O) groups excluding carboxylic acids is 1. The number of rotatable bonds is 4. The summed E-state index contributed by atoms with van der Waals surface area (Å²) in [6.07, 6.45) is 1.91. The third-order valence-electron chi connectivity index (χ3n) is 5.00. The van der Waals surface area contributed by atoms with Crippen molar-refractivity contribution >= 4 is 28.8 Å². The first kappa shape index (κ1) is 18.7. The number of anilines is 1. The van der Waals surface area contributed by atoms with E-state index in [2.05, 4.69) is 20.4 Å². The molecule has 7 nitrogen and oxygen atoms in total. The van der Waals surface area contributed by atoms with Crippen LogP contribution in [0.25, 0.3) is 17.0 Å². The quantitative estimate of drug-likeness (QED) is 0.514. The molecule has 1 saturated carbocycles.